The van der Waals surface area contributed by atoms with Gasteiger partial charge in [-0.1, -0.05) is 58.7 Å². The molecule has 1 aliphatic heterocycles. The molecule has 3 fully saturated rings. The molecule has 0 amide bonds. The van der Waals surface area contributed by atoms with E-state index in [9.17, 15) is 0 Å². The highest BCUT2D eigenvalue weighted by Crippen LogP contribution is 2.53. The van der Waals surface area contributed by atoms with Crippen molar-refractivity contribution in [3.63, 3.8) is 0 Å². The first-order valence-electron chi connectivity index (χ1n) is 10.9. The SMILES string of the molecule is CC1(C)CC(c2ccccc2N2CCNC(CC3CC3)C2)CC(C)(C)C1. The topological polar surface area (TPSA) is 15.3 Å². The molecule has 1 N–H and O–H groups in total. The van der Waals surface area contributed by atoms with Crippen LogP contribution in [0.5, 0.6) is 0 Å². The van der Waals surface area contributed by atoms with Gasteiger partial charge in [0.05, 0.1) is 0 Å². The predicted octanol–water partition coefficient (Wildman–Crippen LogP) is 5.58. The Labute approximate surface area is 160 Å². The van der Waals surface area contributed by atoms with Gasteiger partial charge in [-0.15, -0.1) is 0 Å². The lowest BCUT2D eigenvalue weighted by Gasteiger charge is -2.46. The van der Waals surface area contributed by atoms with Gasteiger partial charge < -0.3 is 10.2 Å². The van der Waals surface area contributed by atoms with E-state index in [0.29, 0.717) is 22.8 Å². The fourth-order valence-corrected chi connectivity index (χ4v) is 6.14. The summed E-state index contributed by atoms with van der Waals surface area (Å²) in [6.45, 7) is 13.4. The predicted molar refractivity (Wildman–Crippen MR) is 112 cm³/mol. The molecule has 3 aliphatic rings. The average molecular weight is 355 g/mol. The molecule has 144 valence electrons. The van der Waals surface area contributed by atoms with Crippen LogP contribution in [0.3, 0.4) is 0 Å². The van der Waals surface area contributed by atoms with Gasteiger partial charge in [0.25, 0.3) is 0 Å². The number of nitrogens with one attached hydrogen (secondary N) is 1. The normalized spacial score (nSPS) is 28.9. The van der Waals surface area contributed by atoms with Gasteiger partial charge in [-0.25, -0.2) is 0 Å². The molecule has 1 aromatic carbocycles. The van der Waals surface area contributed by atoms with Gasteiger partial charge in [0, 0.05) is 31.4 Å². The third-order valence-corrected chi connectivity index (χ3v) is 6.84. The maximum absolute atomic E-state index is 3.77. The van der Waals surface area contributed by atoms with E-state index in [1.165, 1.54) is 50.8 Å². The molecule has 1 atom stereocenters. The minimum atomic E-state index is 0.442. The van der Waals surface area contributed by atoms with E-state index >= 15 is 0 Å². The molecule has 4 rings (SSSR count). The van der Waals surface area contributed by atoms with Crippen molar-refractivity contribution < 1.29 is 0 Å². The van der Waals surface area contributed by atoms with Crippen LogP contribution in [0.4, 0.5) is 5.69 Å². The Bertz CT molecular complexity index is 613. The number of para-hydroxylation sites is 1. The van der Waals surface area contributed by atoms with Gasteiger partial charge in [0.2, 0.25) is 0 Å². The van der Waals surface area contributed by atoms with Crippen LogP contribution >= 0.6 is 0 Å². The molecule has 0 aromatic heterocycles. The summed E-state index contributed by atoms with van der Waals surface area (Å²) in [5, 5.41) is 3.77. The lowest BCUT2D eigenvalue weighted by atomic mass is 9.60. The number of benzene rings is 1. The average Bonchev–Trinajstić information content (AvgIpc) is 3.36. The van der Waals surface area contributed by atoms with Crippen molar-refractivity contribution in [3.05, 3.63) is 29.8 Å². The molecule has 2 saturated carbocycles. The van der Waals surface area contributed by atoms with Crippen LogP contribution < -0.4 is 10.2 Å². The van der Waals surface area contributed by atoms with E-state index in [4.69, 9.17) is 0 Å². The van der Waals surface area contributed by atoms with Crippen molar-refractivity contribution in [1.29, 1.82) is 0 Å². The van der Waals surface area contributed by atoms with E-state index in [0.717, 1.165) is 19.0 Å². The van der Waals surface area contributed by atoms with Crippen molar-refractivity contribution in [2.45, 2.75) is 78.2 Å². The Morgan fingerprint density at radius 3 is 2.42 bits per heavy atom. The zero-order chi connectivity index (χ0) is 18.4. The Morgan fingerprint density at radius 1 is 1.04 bits per heavy atom. The summed E-state index contributed by atoms with van der Waals surface area (Å²) in [6, 6.07) is 10.0. The summed E-state index contributed by atoms with van der Waals surface area (Å²) >= 11 is 0. The molecule has 0 radical (unpaired) electrons. The van der Waals surface area contributed by atoms with Crippen LogP contribution in [-0.2, 0) is 0 Å². The second-order valence-electron chi connectivity index (χ2n) is 10.9. The third-order valence-electron chi connectivity index (χ3n) is 6.84. The van der Waals surface area contributed by atoms with Crippen molar-refractivity contribution in [2.24, 2.45) is 16.7 Å². The number of hydrogen-bond acceptors (Lipinski definition) is 2. The van der Waals surface area contributed by atoms with E-state index in [-0.39, 0.29) is 0 Å². The molecule has 26 heavy (non-hydrogen) atoms. The Hall–Kier alpha value is -1.02. The first kappa shape index (κ1) is 18.3. The van der Waals surface area contributed by atoms with Crippen LogP contribution in [0.25, 0.3) is 0 Å². The summed E-state index contributed by atoms with van der Waals surface area (Å²) in [5.41, 5.74) is 4.02. The lowest BCUT2D eigenvalue weighted by Crippen LogP contribution is -2.51. The zero-order valence-corrected chi connectivity index (χ0v) is 17.4. The van der Waals surface area contributed by atoms with Crippen molar-refractivity contribution in [1.82, 2.24) is 5.32 Å². The third kappa shape index (κ3) is 4.27. The zero-order valence-electron chi connectivity index (χ0n) is 17.4. The molecule has 2 nitrogen and oxygen atoms in total. The maximum atomic E-state index is 3.77. The van der Waals surface area contributed by atoms with Crippen LogP contribution in [0, 0.1) is 16.7 Å². The van der Waals surface area contributed by atoms with Gasteiger partial charge in [-0.2, -0.15) is 0 Å². The standard InChI is InChI=1S/C24H38N2/c1-23(2)14-19(15-24(3,4)17-23)21-7-5-6-8-22(21)26-12-11-25-20(16-26)13-18-9-10-18/h5-8,18-20,25H,9-17H2,1-4H3. The first-order valence-corrected chi connectivity index (χ1v) is 10.9. The summed E-state index contributed by atoms with van der Waals surface area (Å²) in [5.74, 6) is 1.70. The highest BCUT2D eigenvalue weighted by molar-refractivity contribution is 5.56. The maximum Gasteiger partial charge on any atom is 0.0402 e. The second-order valence-corrected chi connectivity index (χ2v) is 10.9. The van der Waals surface area contributed by atoms with Crippen molar-refractivity contribution in [2.75, 3.05) is 24.5 Å². The molecule has 1 aromatic rings. The molecule has 1 heterocycles. The minimum absolute atomic E-state index is 0.442. The highest BCUT2D eigenvalue weighted by Gasteiger charge is 2.40. The van der Waals surface area contributed by atoms with Gasteiger partial charge >= 0.3 is 0 Å². The number of piperazine rings is 1. The summed E-state index contributed by atoms with van der Waals surface area (Å²) in [7, 11) is 0. The van der Waals surface area contributed by atoms with Crippen molar-refractivity contribution >= 4 is 5.69 Å². The van der Waals surface area contributed by atoms with Crippen LogP contribution in [-0.4, -0.2) is 25.7 Å². The molecule has 2 heteroatoms. The molecule has 0 spiro atoms. The Kier molecular flexibility index (Phi) is 4.84. The van der Waals surface area contributed by atoms with Gasteiger partial charge in [-0.3, -0.25) is 0 Å². The van der Waals surface area contributed by atoms with E-state index in [1.54, 1.807) is 5.56 Å². The van der Waals surface area contributed by atoms with Gasteiger partial charge in [-0.05, 0) is 60.0 Å². The van der Waals surface area contributed by atoms with Crippen molar-refractivity contribution in [3.8, 4) is 0 Å². The minimum Gasteiger partial charge on any atom is -0.368 e. The number of rotatable bonds is 4. The van der Waals surface area contributed by atoms with Crippen LogP contribution in [0.15, 0.2) is 24.3 Å². The smallest absolute Gasteiger partial charge is 0.0402 e. The molecular weight excluding hydrogens is 316 g/mol. The Balaban J connectivity index is 1.56. The summed E-state index contributed by atoms with van der Waals surface area (Å²) in [4.78, 5) is 2.69. The van der Waals surface area contributed by atoms with Crippen LogP contribution in [0.1, 0.15) is 77.7 Å². The molecular formula is C24H38N2. The number of anilines is 1. The quantitative estimate of drug-likeness (QED) is 0.759. The van der Waals surface area contributed by atoms with Gasteiger partial charge in [0.15, 0.2) is 0 Å². The summed E-state index contributed by atoms with van der Waals surface area (Å²) in [6.07, 6.45) is 8.29. The first-order chi connectivity index (χ1) is 12.3. The molecule has 2 aliphatic carbocycles. The molecule has 1 saturated heterocycles. The van der Waals surface area contributed by atoms with E-state index in [1.807, 2.05) is 0 Å². The number of hydrogen-bond donors (Lipinski definition) is 1. The van der Waals surface area contributed by atoms with Crippen LogP contribution in [0.2, 0.25) is 0 Å². The monoisotopic (exact) mass is 354 g/mol. The molecule has 0 bridgehead atoms. The lowest BCUT2D eigenvalue weighted by molar-refractivity contribution is 0.0970. The second kappa shape index (κ2) is 6.86. The Morgan fingerprint density at radius 2 is 1.73 bits per heavy atom. The number of nitrogens with zero attached hydrogens (tertiary/aromatic N) is 1. The van der Waals surface area contributed by atoms with Gasteiger partial charge in [0.1, 0.15) is 0 Å². The fraction of sp³-hybridized carbons (Fsp3) is 0.750. The molecule has 1 unspecified atom stereocenters. The summed E-state index contributed by atoms with van der Waals surface area (Å²) < 4.78 is 0. The largest absolute Gasteiger partial charge is 0.368 e. The van der Waals surface area contributed by atoms with E-state index in [2.05, 4.69) is 62.2 Å². The van der Waals surface area contributed by atoms with E-state index < -0.39 is 0 Å². The highest BCUT2D eigenvalue weighted by atomic mass is 15.2. The fourth-order valence-electron chi connectivity index (χ4n) is 6.14.